The van der Waals surface area contributed by atoms with Gasteiger partial charge in [0.25, 0.3) is 0 Å². The summed E-state index contributed by atoms with van der Waals surface area (Å²) in [5.74, 6) is -0.782. The number of benzene rings is 1. The van der Waals surface area contributed by atoms with Crippen LogP contribution in [0.1, 0.15) is 43.6 Å². The van der Waals surface area contributed by atoms with E-state index in [1.165, 1.54) is 11.3 Å². The average molecular weight is 358 g/mol. The Labute approximate surface area is 149 Å². The quantitative estimate of drug-likeness (QED) is 0.607. The van der Waals surface area contributed by atoms with Crippen LogP contribution in [0.25, 0.3) is 0 Å². The van der Waals surface area contributed by atoms with Crippen LogP contribution in [0, 0.1) is 13.8 Å². The fraction of sp³-hybridized carbons (Fsp3) is 0.333. The van der Waals surface area contributed by atoms with E-state index in [0.29, 0.717) is 34.8 Å². The van der Waals surface area contributed by atoms with Gasteiger partial charge in [-0.25, -0.2) is 9.78 Å². The predicted molar refractivity (Wildman–Crippen MR) is 94.2 cm³/mol. The van der Waals surface area contributed by atoms with Crippen molar-refractivity contribution >= 4 is 34.7 Å². The number of aryl methyl sites for hydroxylation is 2. The van der Waals surface area contributed by atoms with Gasteiger partial charge in [-0.1, -0.05) is 12.1 Å². The lowest BCUT2D eigenvalue weighted by Gasteiger charge is -2.16. The summed E-state index contributed by atoms with van der Waals surface area (Å²) in [6.45, 7) is 3.87. The van der Waals surface area contributed by atoms with Crippen LogP contribution in [-0.2, 0) is 9.53 Å². The number of carbonyl (C=O) groups excluding carboxylic acids is 3. The van der Waals surface area contributed by atoms with Crippen LogP contribution in [0.5, 0.6) is 0 Å². The molecule has 7 heteroatoms. The molecule has 1 aliphatic rings. The van der Waals surface area contributed by atoms with Crippen molar-refractivity contribution in [1.82, 2.24) is 4.98 Å². The number of rotatable bonds is 5. The van der Waals surface area contributed by atoms with Gasteiger partial charge in [0.15, 0.2) is 12.4 Å². The van der Waals surface area contributed by atoms with Gasteiger partial charge in [-0.05, 0) is 32.4 Å². The summed E-state index contributed by atoms with van der Waals surface area (Å²) in [5, 5.41) is 0.777. The highest BCUT2D eigenvalue weighted by molar-refractivity contribution is 7.13. The van der Waals surface area contributed by atoms with E-state index >= 15 is 0 Å². The van der Waals surface area contributed by atoms with E-state index in [1.54, 1.807) is 36.1 Å². The van der Waals surface area contributed by atoms with Crippen molar-refractivity contribution < 1.29 is 19.1 Å². The number of amides is 1. The second-order valence-electron chi connectivity index (χ2n) is 5.85. The molecule has 1 amide bonds. The Bertz CT molecular complexity index is 843. The fourth-order valence-corrected chi connectivity index (χ4v) is 3.58. The monoisotopic (exact) mass is 358 g/mol. The van der Waals surface area contributed by atoms with Gasteiger partial charge in [-0.3, -0.25) is 9.59 Å². The van der Waals surface area contributed by atoms with Gasteiger partial charge in [-0.15, -0.1) is 11.3 Å². The molecule has 1 aliphatic heterocycles. The number of aromatic nitrogens is 1. The molecular formula is C18H18N2O4S. The van der Waals surface area contributed by atoms with Crippen LogP contribution in [0.3, 0.4) is 0 Å². The van der Waals surface area contributed by atoms with E-state index in [4.69, 9.17) is 4.74 Å². The zero-order valence-electron chi connectivity index (χ0n) is 14.1. The van der Waals surface area contributed by atoms with Gasteiger partial charge in [0, 0.05) is 24.2 Å². The van der Waals surface area contributed by atoms with Crippen molar-refractivity contribution in [2.75, 3.05) is 18.1 Å². The first-order valence-electron chi connectivity index (χ1n) is 8.00. The Hall–Kier alpha value is -2.54. The van der Waals surface area contributed by atoms with Crippen molar-refractivity contribution in [3.63, 3.8) is 0 Å². The fourth-order valence-electron chi connectivity index (χ4n) is 2.77. The number of anilines is 1. The number of esters is 1. The maximum atomic E-state index is 12.3. The molecule has 1 fully saturated rings. The second-order valence-corrected chi connectivity index (χ2v) is 7.05. The Kier molecular flexibility index (Phi) is 4.94. The van der Waals surface area contributed by atoms with Crippen molar-refractivity contribution in [2.45, 2.75) is 26.7 Å². The second kappa shape index (κ2) is 7.14. The summed E-state index contributed by atoms with van der Waals surface area (Å²) in [6.07, 6.45) is 1.35. The molecule has 6 nitrogen and oxygen atoms in total. The van der Waals surface area contributed by atoms with Gasteiger partial charge >= 0.3 is 5.97 Å². The Balaban J connectivity index is 1.66. The third kappa shape index (κ3) is 3.76. The van der Waals surface area contributed by atoms with Crippen molar-refractivity contribution in [3.8, 4) is 0 Å². The zero-order chi connectivity index (χ0) is 18.0. The highest BCUT2D eigenvalue weighted by Crippen LogP contribution is 2.23. The molecule has 2 aromatic rings. The number of hydrogen-bond donors (Lipinski definition) is 0. The summed E-state index contributed by atoms with van der Waals surface area (Å²) < 4.78 is 5.13. The summed E-state index contributed by atoms with van der Waals surface area (Å²) >= 11 is 1.25. The van der Waals surface area contributed by atoms with E-state index in [9.17, 15) is 14.4 Å². The van der Waals surface area contributed by atoms with Crippen LogP contribution in [0.2, 0.25) is 0 Å². The van der Waals surface area contributed by atoms with Crippen LogP contribution >= 0.6 is 11.3 Å². The molecule has 2 heterocycles. The van der Waals surface area contributed by atoms with E-state index in [1.807, 2.05) is 6.92 Å². The van der Waals surface area contributed by atoms with Crippen molar-refractivity contribution in [3.05, 3.63) is 45.4 Å². The van der Waals surface area contributed by atoms with Crippen molar-refractivity contribution in [1.29, 1.82) is 0 Å². The van der Waals surface area contributed by atoms with Gasteiger partial charge in [-0.2, -0.15) is 0 Å². The lowest BCUT2D eigenvalue weighted by Crippen LogP contribution is -2.24. The number of ketones is 1. The molecule has 1 aromatic carbocycles. The van der Waals surface area contributed by atoms with Crippen LogP contribution in [0.15, 0.2) is 24.3 Å². The predicted octanol–water partition coefficient (Wildman–Crippen LogP) is 2.93. The molecule has 0 spiro atoms. The Morgan fingerprint density at radius 1 is 1.32 bits per heavy atom. The first-order valence-corrected chi connectivity index (χ1v) is 8.82. The lowest BCUT2D eigenvalue weighted by atomic mass is 10.1. The first-order chi connectivity index (χ1) is 12.0. The average Bonchev–Trinajstić information content (AvgIpc) is 3.17. The minimum Gasteiger partial charge on any atom is -0.453 e. The van der Waals surface area contributed by atoms with Gasteiger partial charge in [0.05, 0.1) is 10.7 Å². The Morgan fingerprint density at radius 2 is 2.12 bits per heavy atom. The maximum Gasteiger partial charge on any atom is 0.350 e. The molecular weight excluding hydrogens is 340 g/mol. The minimum atomic E-state index is -0.540. The van der Waals surface area contributed by atoms with E-state index in [-0.39, 0.29) is 18.3 Å². The smallest absolute Gasteiger partial charge is 0.350 e. The number of ether oxygens (including phenoxy) is 1. The number of nitrogens with zero attached hydrogens (tertiary/aromatic N) is 2. The standard InChI is InChI=1S/C18H18N2O4S/c1-11-17(25-12(2)19-11)18(23)24-10-15(21)13-5-3-6-14(9-13)20-8-4-7-16(20)22/h3,5-6,9H,4,7-8,10H2,1-2H3. The van der Waals surface area contributed by atoms with Crippen molar-refractivity contribution in [2.24, 2.45) is 0 Å². The molecule has 0 N–H and O–H groups in total. The molecule has 1 aromatic heterocycles. The summed E-state index contributed by atoms with van der Waals surface area (Å²) in [7, 11) is 0. The van der Waals surface area contributed by atoms with Gasteiger partial charge < -0.3 is 9.64 Å². The molecule has 0 aliphatic carbocycles. The van der Waals surface area contributed by atoms with E-state index in [2.05, 4.69) is 4.98 Å². The highest BCUT2D eigenvalue weighted by atomic mass is 32.1. The Morgan fingerprint density at radius 3 is 2.76 bits per heavy atom. The molecule has 1 saturated heterocycles. The topological polar surface area (TPSA) is 76.6 Å². The number of carbonyl (C=O) groups is 3. The number of hydrogen-bond acceptors (Lipinski definition) is 6. The minimum absolute atomic E-state index is 0.0621. The third-order valence-electron chi connectivity index (χ3n) is 3.98. The molecule has 3 rings (SSSR count). The molecule has 130 valence electrons. The number of thiazole rings is 1. The van der Waals surface area contributed by atoms with Gasteiger partial charge in [0.1, 0.15) is 4.88 Å². The zero-order valence-corrected chi connectivity index (χ0v) is 14.9. The highest BCUT2D eigenvalue weighted by Gasteiger charge is 2.23. The normalized spacial score (nSPS) is 14.0. The molecule has 0 unspecified atom stereocenters. The van der Waals surface area contributed by atoms with Crippen LogP contribution < -0.4 is 4.90 Å². The first kappa shape index (κ1) is 17.3. The third-order valence-corrected chi connectivity index (χ3v) is 5.03. The molecule has 0 bridgehead atoms. The summed E-state index contributed by atoms with van der Waals surface area (Å²) in [4.78, 5) is 42.5. The summed E-state index contributed by atoms with van der Waals surface area (Å²) in [6, 6.07) is 6.85. The van der Waals surface area contributed by atoms with E-state index in [0.717, 1.165) is 11.4 Å². The lowest BCUT2D eigenvalue weighted by molar-refractivity contribution is -0.117. The molecule has 0 saturated carbocycles. The maximum absolute atomic E-state index is 12.3. The number of Topliss-reactive ketones (excluding diaryl/α,β-unsaturated/α-hetero) is 1. The SMILES string of the molecule is Cc1nc(C)c(C(=O)OCC(=O)c2cccc(N3CCCC3=O)c2)s1. The van der Waals surface area contributed by atoms with Crippen LogP contribution in [-0.4, -0.2) is 35.8 Å². The van der Waals surface area contributed by atoms with Gasteiger partial charge in [0.2, 0.25) is 5.91 Å². The molecule has 25 heavy (non-hydrogen) atoms. The van der Waals surface area contributed by atoms with E-state index < -0.39 is 5.97 Å². The van der Waals surface area contributed by atoms with Crippen LogP contribution in [0.4, 0.5) is 5.69 Å². The molecule has 0 atom stereocenters. The largest absolute Gasteiger partial charge is 0.453 e. The summed E-state index contributed by atoms with van der Waals surface area (Å²) in [5.41, 5.74) is 1.73. The molecule has 0 radical (unpaired) electrons.